The molecule has 4 heterocycles. The Balaban J connectivity index is 0.791. The maximum Gasteiger partial charge on any atom is 0.407 e. The number of aromatic amines is 2. The number of imidazole rings is 2. The van der Waals surface area contributed by atoms with E-state index in [1.807, 2.05) is 107 Å². The Morgan fingerprint density at radius 1 is 0.758 bits per heavy atom. The van der Waals surface area contributed by atoms with E-state index >= 15 is 0 Å². The molecule has 2 aliphatic heterocycles. The van der Waals surface area contributed by atoms with Gasteiger partial charge in [-0.15, -0.1) is 0 Å². The van der Waals surface area contributed by atoms with E-state index in [0.29, 0.717) is 34.6 Å². The number of likely N-dealkylation sites (tertiary alicyclic amines) is 2. The molecule has 4 amide bonds. The van der Waals surface area contributed by atoms with Gasteiger partial charge >= 0.3 is 12.2 Å². The topological polar surface area (TPSA) is 177 Å². The third kappa shape index (κ3) is 7.36. The Morgan fingerprint density at radius 2 is 1.39 bits per heavy atom. The molecule has 14 heteroatoms. The minimum absolute atomic E-state index is 0.0627. The number of nitrogens with zero attached hydrogens (tertiary/aromatic N) is 5. The molecule has 14 nitrogen and oxygen atoms in total. The predicted octanol–water partition coefficient (Wildman–Crippen LogP) is 8.28. The number of hydrogen-bond acceptors (Lipinski definition) is 7. The molecule has 2 saturated carbocycles. The highest BCUT2D eigenvalue weighted by atomic mass is 16.5. The van der Waals surface area contributed by atoms with Crippen LogP contribution >= 0.6 is 0 Å². The van der Waals surface area contributed by atoms with Crippen molar-refractivity contribution >= 4 is 45.8 Å². The lowest BCUT2D eigenvalue weighted by Crippen LogP contribution is -2.44. The van der Waals surface area contributed by atoms with Gasteiger partial charge < -0.3 is 34.9 Å². The third-order valence-corrected chi connectivity index (χ3v) is 13.8. The summed E-state index contributed by atoms with van der Waals surface area (Å²) < 4.78 is 4.87. The van der Waals surface area contributed by atoms with Gasteiger partial charge in [0.1, 0.15) is 23.7 Å². The molecule has 0 radical (unpaired) electrons. The summed E-state index contributed by atoms with van der Waals surface area (Å²) in [7, 11) is 2.74. The van der Waals surface area contributed by atoms with E-state index in [4.69, 9.17) is 14.7 Å². The molecule has 330 valence electrons. The first-order chi connectivity index (χ1) is 32.1. The summed E-state index contributed by atoms with van der Waals surface area (Å²) in [6.07, 6.45) is 3.38. The SMILES string of the molecule is COC(=O)N[C@@H](C(=O)N1[C@@H]2C[C@H]2C[C@H]1c1ncc(-c2ccc(C#Cc3ccc4c(ccc5[nH]c([C@@H]6C[C@H]7C[C@H]7N6C(=O)[C@@H](c6ccccc6)N(C)C(=O)O)nc54)c3)cc2)[nH]1)c1ccccc1. The van der Waals surface area contributed by atoms with E-state index in [0.717, 1.165) is 74.8 Å². The third-order valence-electron chi connectivity index (χ3n) is 13.8. The number of aromatic nitrogens is 4. The molecule has 7 aromatic rings. The Bertz CT molecular complexity index is 3100. The van der Waals surface area contributed by atoms with Gasteiger partial charge in [0.2, 0.25) is 0 Å². The van der Waals surface area contributed by atoms with Crippen molar-refractivity contribution in [2.45, 2.75) is 61.9 Å². The maximum absolute atomic E-state index is 14.3. The summed E-state index contributed by atoms with van der Waals surface area (Å²) in [6, 6.07) is 34.2. The summed E-state index contributed by atoms with van der Waals surface area (Å²) in [5.74, 6) is 8.38. The number of carbonyl (C=O) groups excluding carboxylic acids is 3. The van der Waals surface area contributed by atoms with E-state index < -0.39 is 24.3 Å². The van der Waals surface area contributed by atoms with Gasteiger partial charge in [0.15, 0.2) is 0 Å². The zero-order chi connectivity index (χ0) is 45.2. The minimum atomic E-state index is -1.16. The van der Waals surface area contributed by atoms with Crippen LogP contribution in [0.3, 0.4) is 0 Å². The first kappa shape index (κ1) is 40.8. The van der Waals surface area contributed by atoms with Crippen molar-refractivity contribution in [3.63, 3.8) is 0 Å². The van der Waals surface area contributed by atoms with Crippen LogP contribution in [0.25, 0.3) is 33.1 Å². The molecule has 11 rings (SSSR count). The smallest absolute Gasteiger partial charge is 0.407 e. The number of benzene rings is 5. The van der Waals surface area contributed by atoms with Crippen molar-refractivity contribution in [2.24, 2.45) is 11.8 Å². The molecule has 4 aliphatic rings. The molecule has 66 heavy (non-hydrogen) atoms. The fraction of sp³-hybridized carbons (Fsp3) is 0.269. The van der Waals surface area contributed by atoms with Crippen LogP contribution in [0.15, 0.2) is 121 Å². The van der Waals surface area contributed by atoms with E-state index in [9.17, 15) is 24.3 Å². The van der Waals surface area contributed by atoms with Crippen molar-refractivity contribution in [3.05, 3.63) is 155 Å². The van der Waals surface area contributed by atoms with Crippen LogP contribution in [-0.4, -0.2) is 90.0 Å². The number of rotatable bonds is 9. The largest absolute Gasteiger partial charge is 0.465 e. The normalized spacial score (nSPS) is 22.2. The van der Waals surface area contributed by atoms with Crippen LogP contribution in [0, 0.1) is 23.7 Å². The number of fused-ring (bicyclic) bond motifs is 5. The number of likely N-dealkylation sites (N-methyl/N-ethyl adjacent to an activating group) is 1. The van der Waals surface area contributed by atoms with Gasteiger partial charge in [0, 0.05) is 35.6 Å². The molecule has 5 aromatic carbocycles. The molecule has 4 N–H and O–H groups in total. The first-order valence-electron chi connectivity index (χ1n) is 22.3. The number of piperidine rings is 2. The molecule has 0 unspecified atom stereocenters. The second-order valence-electron chi connectivity index (χ2n) is 17.8. The zero-order valence-electron chi connectivity index (χ0n) is 36.2. The highest BCUT2D eigenvalue weighted by Crippen LogP contribution is 2.55. The van der Waals surface area contributed by atoms with Gasteiger partial charge in [-0.2, -0.15) is 0 Å². The lowest BCUT2D eigenvalue weighted by Gasteiger charge is -2.33. The second-order valence-corrected chi connectivity index (χ2v) is 17.8. The summed E-state index contributed by atoms with van der Waals surface area (Å²) in [4.78, 5) is 74.7. The molecule has 4 fully saturated rings. The van der Waals surface area contributed by atoms with Gasteiger partial charge in [-0.3, -0.25) is 14.5 Å². The number of H-pyrrole nitrogens is 2. The highest BCUT2D eigenvalue weighted by molar-refractivity contribution is 6.04. The van der Waals surface area contributed by atoms with Crippen molar-refractivity contribution < 1.29 is 29.0 Å². The van der Waals surface area contributed by atoms with Crippen molar-refractivity contribution in [3.8, 4) is 23.1 Å². The molecule has 2 saturated heterocycles. The number of hydrogen-bond donors (Lipinski definition) is 4. The average molecular weight is 879 g/mol. The molecule has 2 aliphatic carbocycles. The van der Waals surface area contributed by atoms with Crippen LogP contribution in [0.5, 0.6) is 0 Å². The fourth-order valence-electron chi connectivity index (χ4n) is 10.3. The van der Waals surface area contributed by atoms with Crippen molar-refractivity contribution in [1.82, 2.24) is 40.0 Å². The minimum Gasteiger partial charge on any atom is -0.465 e. The highest BCUT2D eigenvalue weighted by Gasteiger charge is 2.57. The van der Waals surface area contributed by atoms with Gasteiger partial charge in [0.05, 0.1) is 42.1 Å². The van der Waals surface area contributed by atoms with E-state index in [2.05, 4.69) is 33.2 Å². The predicted molar refractivity (Wildman–Crippen MR) is 245 cm³/mol. The maximum atomic E-state index is 14.3. The van der Waals surface area contributed by atoms with Crippen molar-refractivity contribution in [2.75, 3.05) is 14.2 Å². The number of amides is 4. The number of alkyl carbamates (subject to hydrolysis) is 1. The number of carboxylic acid groups (broad SMARTS) is 1. The molecule has 0 spiro atoms. The standard InChI is InChI=1S/C52H46N8O6/c1-58(52(64)65)46(33-11-7-4-8-12-33)50(62)60-41-25-36(41)27-43(60)48-54-38-22-20-34-23-30(17-21-37(34)45(38)56-48)14-13-29-15-18-31(19-16-29)39-28-53-47(55-39)42-26-35-24-40(35)59(42)49(61)44(57-51(63)66-2)32-9-5-3-6-10-32/h3-12,15-23,28,35-36,40-44,46H,24-27H2,1-2H3,(H,53,55)(H,54,56)(H,57,63)(H,64,65)/t35-,36+,40+,41+,42-,43-,44+,46+/m0/s1. The van der Waals surface area contributed by atoms with Gasteiger partial charge in [-0.05, 0) is 89.9 Å². The number of methoxy groups -OCH3 is 1. The van der Waals surface area contributed by atoms with E-state index in [1.165, 1.54) is 14.2 Å². The summed E-state index contributed by atoms with van der Waals surface area (Å²) >= 11 is 0. The molecule has 8 atom stereocenters. The van der Waals surface area contributed by atoms with Crippen molar-refractivity contribution in [1.29, 1.82) is 0 Å². The summed E-state index contributed by atoms with van der Waals surface area (Å²) in [5, 5.41) is 14.6. The number of carbonyl (C=O) groups is 4. The van der Waals surface area contributed by atoms with Crippen LogP contribution in [0.2, 0.25) is 0 Å². The molecular formula is C52H46N8O6. The second kappa shape index (κ2) is 16.3. The van der Waals surface area contributed by atoms with Gasteiger partial charge in [-0.25, -0.2) is 19.6 Å². The summed E-state index contributed by atoms with van der Waals surface area (Å²) in [5.41, 5.74) is 6.47. The Morgan fingerprint density at radius 3 is 2.08 bits per heavy atom. The Hall–Kier alpha value is -7.92. The number of nitrogens with one attached hydrogen (secondary N) is 3. The molecule has 0 bridgehead atoms. The van der Waals surface area contributed by atoms with Crippen LogP contribution in [0.4, 0.5) is 9.59 Å². The summed E-state index contributed by atoms with van der Waals surface area (Å²) in [6.45, 7) is 0. The quantitative estimate of drug-likeness (QED) is 0.105. The van der Waals surface area contributed by atoms with Crippen LogP contribution < -0.4 is 5.32 Å². The lowest BCUT2D eigenvalue weighted by molar-refractivity contribution is -0.138. The Kier molecular flexibility index (Phi) is 10.1. The van der Waals surface area contributed by atoms with E-state index in [-0.39, 0.29) is 36.0 Å². The fourth-order valence-corrected chi connectivity index (χ4v) is 10.3. The lowest BCUT2D eigenvalue weighted by atomic mass is 10.0. The average Bonchev–Trinajstić information content (AvgIpc) is 3.96. The number of ether oxygens (including phenoxy) is 1. The van der Waals surface area contributed by atoms with Gasteiger partial charge in [0.25, 0.3) is 11.8 Å². The zero-order valence-corrected chi connectivity index (χ0v) is 36.2. The van der Waals surface area contributed by atoms with E-state index in [1.54, 1.807) is 18.3 Å². The van der Waals surface area contributed by atoms with Crippen LogP contribution in [0.1, 0.15) is 83.8 Å². The van der Waals surface area contributed by atoms with Crippen LogP contribution in [-0.2, 0) is 14.3 Å². The Labute approximate surface area is 380 Å². The first-order valence-corrected chi connectivity index (χ1v) is 22.3. The molecule has 2 aromatic heterocycles. The molecular weight excluding hydrogens is 833 g/mol. The van der Waals surface area contributed by atoms with Gasteiger partial charge in [-0.1, -0.05) is 96.8 Å². The monoisotopic (exact) mass is 878 g/mol.